The molecule has 5 heteroatoms. The molecule has 0 atom stereocenters. The number of carbonyl (C=O) groups excluding carboxylic acids is 1. The summed E-state index contributed by atoms with van der Waals surface area (Å²) in [5, 5.41) is 2.95. The predicted molar refractivity (Wildman–Crippen MR) is 98.1 cm³/mol. The van der Waals surface area contributed by atoms with Gasteiger partial charge in [0.25, 0.3) is 5.91 Å². The number of methoxy groups -OCH3 is 3. The third-order valence-corrected chi connectivity index (χ3v) is 4.19. The first kappa shape index (κ1) is 18.6. The summed E-state index contributed by atoms with van der Waals surface area (Å²) in [6, 6.07) is 9.50. The van der Waals surface area contributed by atoms with Crippen LogP contribution >= 0.6 is 0 Å². The zero-order valence-corrected chi connectivity index (χ0v) is 15.4. The number of hydrogen-bond donors (Lipinski definition) is 1. The van der Waals surface area contributed by atoms with Crippen molar-refractivity contribution in [3.05, 3.63) is 52.6 Å². The largest absolute Gasteiger partial charge is 0.493 e. The van der Waals surface area contributed by atoms with E-state index in [1.54, 1.807) is 21.3 Å². The summed E-state index contributed by atoms with van der Waals surface area (Å²) in [4.78, 5) is 12.3. The van der Waals surface area contributed by atoms with Gasteiger partial charge in [-0.1, -0.05) is 6.07 Å². The van der Waals surface area contributed by atoms with Crippen molar-refractivity contribution < 1.29 is 19.0 Å². The van der Waals surface area contributed by atoms with Crippen LogP contribution in [0, 0.1) is 13.8 Å². The number of benzene rings is 2. The second kappa shape index (κ2) is 8.42. The standard InChI is InChI=1S/C20H25NO4/c1-13-6-7-16(10-14(13)2)20(22)21-9-8-15-11-17(23-3)19(25-5)18(12-15)24-4/h6-7,10-12H,8-9H2,1-5H3,(H,21,22). The van der Waals surface area contributed by atoms with Crippen LogP contribution in [0.4, 0.5) is 0 Å². The number of carbonyl (C=O) groups is 1. The Labute approximate surface area is 148 Å². The van der Waals surface area contributed by atoms with Crippen molar-refractivity contribution in [2.75, 3.05) is 27.9 Å². The first-order valence-electron chi connectivity index (χ1n) is 8.14. The van der Waals surface area contributed by atoms with Gasteiger partial charge in [-0.25, -0.2) is 0 Å². The van der Waals surface area contributed by atoms with Crippen LogP contribution < -0.4 is 19.5 Å². The molecule has 0 aliphatic rings. The minimum atomic E-state index is -0.0736. The Bertz CT molecular complexity index is 730. The molecule has 1 N–H and O–H groups in total. The molecule has 5 nitrogen and oxygen atoms in total. The fraction of sp³-hybridized carbons (Fsp3) is 0.350. The minimum Gasteiger partial charge on any atom is -0.493 e. The maximum Gasteiger partial charge on any atom is 0.251 e. The van der Waals surface area contributed by atoms with Crippen LogP contribution in [0.15, 0.2) is 30.3 Å². The molecule has 2 aromatic carbocycles. The van der Waals surface area contributed by atoms with E-state index in [0.717, 1.165) is 11.1 Å². The molecule has 2 rings (SSSR count). The molecule has 0 aliphatic heterocycles. The van der Waals surface area contributed by atoms with Crippen LogP contribution in [0.3, 0.4) is 0 Å². The molecule has 0 unspecified atom stereocenters. The van der Waals surface area contributed by atoms with Crippen molar-refractivity contribution in [2.24, 2.45) is 0 Å². The summed E-state index contributed by atoms with van der Waals surface area (Å²) < 4.78 is 16.0. The maximum atomic E-state index is 12.3. The topological polar surface area (TPSA) is 56.8 Å². The molecule has 25 heavy (non-hydrogen) atoms. The van der Waals surface area contributed by atoms with Crippen molar-refractivity contribution in [1.29, 1.82) is 0 Å². The molecule has 0 fully saturated rings. The van der Waals surface area contributed by atoms with Gasteiger partial charge in [-0.15, -0.1) is 0 Å². The summed E-state index contributed by atoms with van der Waals surface area (Å²) in [6.07, 6.45) is 0.660. The number of ether oxygens (including phenoxy) is 3. The van der Waals surface area contributed by atoms with E-state index in [4.69, 9.17) is 14.2 Å². The van der Waals surface area contributed by atoms with Gasteiger partial charge in [-0.2, -0.15) is 0 Å². The van der Waals surface area contributed by atoms with Gasteiger partial charge in [0, 0.05) is 12.1 Å². The van der Waals surface area contributed by atoms with Crippen LogP contribution in [0.25, 0.3) is 0 Å². The smallest absolute Gasteiger partial charge is 0.251 e. The Hall–Kier alpha value is -2.69. The highest BCUT2D eigenvalue weighted by atomic mass is 16.5. The first-order chi connectivity index (χ1) is 12.0. The molecule has 2 aromatic rings. The summed E-state index contributed by atoms with van der Waals surface area (Å²) in [5.74, 6) is 1.71. The third-order valence-electron chi connectivity index (χ3n) is 4.19. The molecular weight excluding hydrogens is 318 g/mol. The van der Waals surface area contributed by atoms with Crippen molar-refractivity contribution in [2.45, 2.75) is 20.3 Å². The molecule has 0 spiro atoms. The molecule has 0 radical (unpaired) electrons. The number of aryl methyl sites for hydroxylation is 2. The zero-order chi connectivity index (χ0) is 18.4. The molecular formula is C20H25NO4. The van der Waals surface area contributed by atoms with Crippen LogP contribution in [0.5, 0.6) is 17.2 Å². The van der Waals surface area contributed by atoms with E-state index >= 15 is 0 Å². The average Bonchev–Trinajstić information content (AvgIpc) is 2.62. The van der Waals surface area contributed by atoms with E-state index in [0.29, 0.717) is 35.8 Å². The second-order valence-electron chi connectivity index (χ2n) is 5.84. The monoisotopic (exact) mass is 343 g/mol. The van der Waals surface area contributed by atoms with E-state index in [1.165, 1.54) is 5.56 Å². The van der Waals surface area contributed by atoms with E-state index in [2.05, 4.69) is 5.32 Å². The predicted octanol–water partition coefficient (Wildman–Crippen LogP) is 3.30. The molecule has 1 amide bonds. The number of hydrogen-bond acceptors (Lipinski definition) is 4. The summed E-state index contributed by atoms with van der Waals surface area (Å²) in [5.41, 5.74) is 3.95. The lowest BCUT2D eigenvalue weighted by Crippen LogP contribution is -2.25. The normalized spacial score (nSPS) is 10.3. The van der Waals surface area contributed by atoms with Crippen LogP contribution in [-0.2, 0) is 6.42 Å². The Morgan fingerprint density at radius 1 is 0.920 bits per heavy atom. The average molecular weight is 343 g/mol. The fourth-order valence-corrected chi connectivity index (χ4v) is 2.58. The summed E-state index contributed by atoms with van der Waals surface area (Å²) in [7, 11) is 4.75. The second-order valence-corrected chi connectivity index (χ2v) is 5.84. The molecule has 0 heterocycles. The van der Waals surface area contributed by atoms with Crippen molar-refractivity contribution >= 4 is 5.91 Å². The number of amides is 1. The Morgan fingerprint density at radius 2 is 1.56 bits per heavy atom. The van der Waals surface area contributed by atoms with Gasteiger partial charge >= 0.3 is 0 Å². The van der Waals surface area contributed by atoms with Crippen molar-refractivity contribution in [3.8, 4) is 17.2 Å². The highest BCUT2D eigenvalue weighted by Gasteiger charge is 2.13. The van der Waals surface area contributed by atoms with E-state index in [1.807, 2.05) is 44.2 Å². The maximum absolute atomic E-state index is 12.3. The quantitative estimate of drug-likeness (QED) is 0.838. The number of nitrogens with one attached hydrogen (secondary N) is 1. The van der Waals surface area contributed by atoms with Gasteiger partial charge < -0.3 is 19.5 Å². The highest BCUT2D eigenvalue weighted by molar-refractivity contribution is 5.94. The molecule has 0 aliphatic carbocycles. The molecule has 0 saturated heterocycles. The summed E-state index contributed by atoms with van der Waals surface area (Å²) >= 11 is 0. The highest BCUT2D eigenvalue weighted by Crippen LogP contribution is 2.38. The van der Waals surface area contributed by atoms with Gasteiger partial charge in [0.15, 0.2) is 11.5 Å². The van der Waals surface area contributed by atoms with Gasteiger partial charge in [0.1, 0.15) is 0 Å². The van der Waals surface area contributed by atoms with E-state index < -0.39 is 0 Å². The van der Waals surface area contributed by atoms with Gasteiger partial charge in [-0.05, 0) is 61.2 Å². The SMILES string of the molecule is COc1cc(CCNC(=O)c2ccc(C)c(C)c2)cc(OC)c1OC. The zero-order valence-electron chi connectivity index (χ0n) is 15.4. The Morgan fingerprint density at radius 3 is 2.08 bits per heavy atom. The minimum absolute atomic E-state index is 0.0736. The lowest BCUT2D eigenvalue weighted by Gasteiger charge is -2.14. The van der Waals surface area contributed by atoms with Crippen molar-refractivity contribution in [3.63, 3.8) is 0 Å². The molecule has 0 bridgehead atoms. The Kier molecular flexibility index (Phi) is 6.28. The third kappa shape index (κ3) is 4.44. The number of rotatable bonds is 7. The lowest BCUT2D eigenvalue weighted by atomic mass is 10.1. The van der Waals surface area contributed by atoms with Crippen molar-refractivity contribution in [1.82, 2.24) is 5.32 Å². The van der Waals surface area contributed by atoms with Gasteiger partial charge in [0.2, 0.25) is 5.75 Å². The van der Waals surface area contributed by atoms with E-state index in [9.17, 15) is 4.79 Å². The fourth-order valence-electron chi connectivity index (χ4n) is 2.58. The molecule has 134 valence electrons. The molecule has 0 aromatic heterocycles. The lowest BCUT2D eigenvalue weighted by molar-refractivity contribution is 0.0954. The van der Waals surface area contributed by atoms with E-state index in [-0.39, 0.29) is 5.91 Å². The molecule has 0 saturated carbocycles. The van der Waals surface area contributed by atoms with Gasteiger partial charge in [0.05, 0.1) is 21.3 Å². The van der Waals surface area contributed by atoms with Crippen LogP contribution in [0.2, 0.25) is 0 Å². The Balaban J connectivity index is 2.03. The summed E-state index contributed by atoms with van der Waals surface area (Å²) in [6.45, 7) is 4.55. The first-order valence-corrected chi connectivity index (χ1v) is 8.14. The van der Waals surface area contributed by atoms with Crippen LogP contribution in [-0.4, -0.2) is 33.8 Å². The van der Waals surface area contributed by atoms with Crippen LogP contribution in [0.1, 0.15) is 27.0 Å². The van der Waals surface area contributed by atoms with Gasteiger partial charge in [-0.3, -0.25) is 4.79 Å².